The quantitative estimate of drug-likeness (QED) is 0.626. The number of carbonyl (C=O) groups excluding carboxylic acids is 1. The molecular weight excluding hydrogens is 304 g/mol. The number of nitrogens with zero attached hydrogens (tertiary/aromatic N) is 1. The van der Waals surface area contributed by atoms with Crippen LogP contribution in [0.5, 0.6) is 11.5 Å². The number of hydrogen-bond donors (Lipinski definition) is 1. The van der Waals surface area contributed by atoms with Gasteiger partial charge in [-0.1, -0.05) is 29.8 Å². The average molecular weight is 326 g/mol. The van der Waals surface area contributed by atoms with Gasteiger partial charge in [0.2, 0.25) is 5.91 Å². The summed E-state index contributed by atoms with van der Waals surface area (Å²) in [5.74, 6) is 1.11. The highest BCUT2D eigenvalue weighted by Crippen LogP contribution is 2.29. The predicted octanol–water partition coefficient (Wildman–Crippen LogP) is 3.44. The fourth-order valence-electron chi connectivity index (χ4n) is 2.15. The Kier molecular flexibility index (Phi) is 6.37. The number of hydrogen-bond acceptors (Lipinski definition) is 4. The predicted molar refractivity (Wildman–Crippen MR) is 94.5 cm³/mol. The number of hydrazone groups is 1. The molecular formula is C19H22N2O3. The van der Waals surface area contributed by atoms with Crippen LogP contribution in [-0.2, 0) is 11.4 Å². The van der Waals surface area contributed by atoms with Crippen LogP contribution in [0.2, 0.25) is 0 Å². The molecule has 0 aromatic heterocycles. The molecule has 2 aromatic carbocycles. The summed E-state index contributed by atoms with van der Waals surface area (Å²) in [5, 5.41) is 3.85. The second-order valence-electron chi connectivity index (χ2n) is 5.34. The van der Waals surface area contributed by atoms with Gasteiger partial charge in [0.25, 0.3) is 0 Å². The van der Waals surface area contributed by atoms with Gasteiger partial charge in [0.05, 0.1) is 12.8 Å². The summed E-state index contributed by atoms with van der Waals surface area (Å²) in [7, 11) is 0. The third-order valence-corrected chi connectivity index (χ3v) is 3.18. The molecule has 1 amide bonds. The molecule has 0 radical (unpaired) electrons. The molecule has 0 atom stereocenters. The molecule has 0 saturated carbocycles. The number of benzene rings is 2. The monoisotopic (exact) mass is 326 g/mol. The van der Waals surface area contributed by atoms with Gasteiger partial charge in [0.15, 0.2) is 11.5 Å². The summed E-state index contributed by atoms with van der Waals surface area (Å²) < 4.78 is 11.5. The number of carbonyl (C=O) groups is 1. The van der Waals surface area contributed by atoms with Gasteiger partial charge in [0, 0.05) is 6.92 Å². The maximum atomic E-state index is 10.8. The molecule has 24 heavy (non-hydrogen) atoms. The lowest BCUT2D eigenvalue weighted by atomic mass is 10.1. The van der Waals surface area contributed by atoms with Gasteiger partial charge in [-0.2, -0.15) is 5.10 Å². The minimum atomic E-state index is -0.214. The van der Waals surface area contributed by atoms with Gasteiger partial charge in [-0.15, -0.1) is 0 Å². The molecule has 126 valence electrons. The number of aryl methyl sites for hydroxylation is 1. The largest absolute Gasteiger partial charge is 0.490 e. The molecule has 2 aromatic rings. The van der Waals surface area contributed by atoms with Crippen LogP contribution in [0.3, 0.4) is 0 Å². The van der Waals surface area contributed by atoms with Crippen LogP contribution in [0.4, 0.5) is 0 Å². The lowest BCUT2D eigenvalue weighted by Gasteiger charge is -2.13. The molecule has 0 aliphatic heterocycles. The first-order chi connectivity index (χ1) is 11.6. The number of nitrogens with one attached hydrogen (secondary N) is 1. The summed E-state index contributed by atoms with van der Waals surface area (Å²) in [6.45, 7) is 6.39. The van der Waals surface area contributed by atoms with Crippen molar-refractivity contribution in [3.05, 3.63) is 59.2 Å². The van der Waals surface area contributed by atoms with Gasteiger partial charge in [-0.25, -0.2) is 5.43 Å². The average Bonchev–Trinajstić information content (AvgIpc) is 2.54. The molecule has 5 nitrogen and oxygen atoms in total. The van der Waals surface area contributed by atoms with Crippen LogP contribution in [0, 0.1) is 6.92 Å². The fourth-order valence-corrected chi connectivity index (χ4v) is 2.15. The first-order valence-electron chi connectivity index (χ1n) is 7.83. The van der Waals surface area contributed by atoms with Gasteiger partial charge in [0.1, 0.15) is 6.61 Å². The molecule has 0 aliphatic carbocycles. The maximum Gasteiger partial charge on any atom is 0.236 e. The third-order valence-electron chi connectivity index (χ3n) is 3.18. The minimum Gasteiger partial charge on any atom is -0.490 e. The van der Waals surface area contributed by atoms with E-state index < -0.39 is 0 Å². The summed E-state index contributed by atoms with van der Waals surface area (Å²) in [4.78, 5) is 10.8. The minimum absolute atomic E-state index is 0.214. The molecule has 0 spiro atoms. The van der Waals surface area contributed by atoms with Crippen molar-refractivity contribution in [3.63, 3.8) is 0 Å². The number of rotatable bonds is 7. The van der Waals surface area contributed by atoms with E-state index in [9.17, 15) is 4.79 Å². The summed E-state index contributed by atoms with van der Waals surface area (Å²) in [6, 6.07) is 13.7. The van der Waals surface area contributed by atoms with Crippen LogP contribution >= 0.6 is 0 Å². The Labute approximate surface area is 142 Å². The van der Waals surface area contributed by atoms with Crippen LogP contribution in [0.1, 0.15) is 30.5 Å². The Balaban J connectivity index is 2.10. The molecule has 0 unspecified atom stereocenters. The lowest BCUT2D eigenvalue weighted by Crippen LogP contribution is -2.12. The van der Waals surface area contributed by atoms with E-state index in [1.165, 1.54) is 12.5 Å². The molecule has 2 rings (SSSR count). The van der Waals surface area contributed by atoms with Gasteiger partial charge >= 0.3 is 0 Å². The fraction of sp³-hybridized carbons (Fsp3) is 0.263. The lowest BCUT2D eigenvalue weighted by molar-refractivity contribution is -0.118. The second-order valence-corrected chi connectivity index (χ2v) is 5.34. The van der Waals surface area contributed by atoms with E-state index in [1.807, 2.05) is 37.3 Å². The third kappa shape index (κ3) is 5.43. The van der Waals surface area contributed by atoms with Crippen LogP contribution in [0.25, 0.3) is 0 Å². The van der Waals surface area contributed by atoms with Crippen molar-refractivity contribution in [1.29, 1.82) is 0 Å². The SMILES string of the molecule is CCOc1cc(/C=N\NC(C)=O)ccc1OCc1cccc(C)c1. The first-order valence-corrected chi connectivity index (χ1v) is 7.83. The second kappa shape index (κ2) is 8.72. The molecule has 0 aliphatic rings. The first kappa shape index (κ1) is 17.5. The molecule has 0 fully saturated rings. The van der Waals surface area contributed by atoms with Crippen LogP contribution < -0.4 is 14.9 Å². The summed E-state index contributed by atoms with van der Waals surface area (Å²) >= 11 is 0. The van der Waals surface area contributed by atoms with E-state index in [1.54, 1.807) is 6.21 Å². The molecule has 0 bridgehead atoms. The Hall–Kier alpha value is -2.82. The van der Waals surface area contributed by atoms with E-state index in [-0.39, 0.29) is 5.91 Å². The van der Waals surface area contributed by atoms with Crippen molar-refractivity contribution < 1.29 is 14.3 Å². The van der Waals surface area contributed by atoms with Crippen molar-refractivity contribution in [2.24, 2.45) is 5.10 Å². The maximum absolute atomic E-state index is 10.8. The van der Waals surface area contributed by atoms with Crippen LogP contribution in [0.15, 0.2) is 47.6 Å². The highest BCUT2D eigenvalue weighted by molar-refractivity contribution is 5.82. The Morgan fingerprint density at radius 2 is 2.00 bits per heavy atom. The molecule has 0 heterocycles. The van der Waals surface area contributed by atoms with Crippen molar-refractivity contribution in [2.75, 3.05) is 6.61 Å². The van der Waals surface area contributed by atoms with Gasteiger partial charge in [-0.3, -0.25) is 4.79 Å². The van der Waals surface area contributed by atoms with Crippen molar-refractivity contribution >= 4 is 12.1 Å². The van der Waals surface area contributed by atoms with Gasteiger partial charge in [-0.05, 0) is 43.2 Å². The molecule has 0 saturated heterocycles. The number of ether oxygens (including phenoxy) is 2. The molecule has 5 heteroatoms. The van der Waals surface area contributed by atoms with E-state index in [2.05, 4.69) is 29.6 Å². The van der Waals surface area contributed by atoms with E-state index in [0.29, 0.717) is 24.7 Å². The Bertz CT molecular complexity index is 726. The normalized spacial score (nSPS) is 10.6. The van der Waals surface area contributed by atoms with E-state index in [4.69, 9.17) is 9.47 Å². The zero-order valence-electron chi connectivity index (χ0n) is 14.2. The van der Waals surface area contributed by atoms with Gasteiger partial charge < -0.3 is 9.47 Å². The standard InChI is InChI=1S/C19H22N2O3/c1-4-23-19-11-16(12-20-21-15(3)22)8-9-18(19)24-13-17-7-5-6-14(2)10-17/h5-12H,4,13H2,1-3H3,(H,21,22)/b20-12-. The molecule has 1 N–H and O–H groups in total. The highest BCUT2D eigenvalue weighted by Gasteiger charge is 2.06. The highest BCUT2D eigenvalue weighted by atomic mass is 16.5. The topological polar surface area (TPSA) is 59.9 Å². The van der Waals surface area contributed by atoms with Crippen molar-refractivity contribution in [2.45, 2.75) is 27.4 Å². The smallest absolute Gasteiger partial charge is 0.236 e. The van der Waals surface area contributed by atoms with E-state index >= 15 is 0 Å². The Morgan fingerprint density at radius 1 is 1.17 bits per heavy atom. The van der Waals surface area contributed by atoms with E-state index in [0.717, 1.165) is 11.1 Å². The zero-order valence-corrected chi connectivity index (χ0v) is 14.2. The number of amides is 1. The zero-order chi connectivity index (χ0) is 17.4. The summed E-state index contributed by atoms with van der Waals surface area (Å²) in [6.07, 6.45) is 1.56. The van der Waals surface area contributed by atoms with Crippen molar-refractivity contribution in [1.82, 2.24) is 5.43 Å². The van der Waals surface area contributed by atoms with Crippen LogP contribution in [-0.4, -0.2) is 18.7 Å². The Morgan fingerprint density at radius 3 is 2.71 bits per heavy atom. The van der Waals surface area contributed by atoms with Crippen molar-refractivity contribution in [3.8, 4) is 11.5 Å². The summed E-state index contributed by atoms with van der Waals surface area (Å²) in [5.41, 5.74) is 5.49.